The normalized spacial score (nSPS) is 29.8. The summed E-state index contributed by atoms with van der Waals surface area (Å²) in [4.78, 5) is 18.5. The van der Waals surface area contributed by atoms with Crippen molar-refractivity contribution in [3.05, 3.63) is 16.1 Å². The number of nitrogens with zero attached hydrogens (tertiary/aromatic N) is 2. The molecule has 116 valence electrons. The van der Waals surface area contributed by atoms with Gasteiger partial charge in [-0.3, -0.25) is 9.69 Å². The Kier molecular flexibility index (Phi) is 4.31. The van der Waals surface area contributed by atoms with Gasteiger partial charge in [0.1, 0.15) is 6.04 Å². The summed E-state index contributed by atoms with van der Waals surface area (Å²) in [6, 6.07) is 0.131. The Morgan fingerprint density at radius 1 is 1.48 bits per heavy atom. The van der Waals surface area contributed by atoms with Crippen LogP contribution < -0.4 is 0 Å². The van der Waals surface area contributed by atoms with Crippen LogP contribution in [0, 0.1) is 5.92 Å². The van der Waals surface area contributed by atoms with Crippen LogP contribution in [0.3, 0.4) is 0 Å². The SMILES string of the molecule is CC(C)c1nc(CN2[C@H](C(=O)O)C[C@@H]3CCCC[C@@H]32)cs1. The van der Waals surface area contributed by atoms with Crippen LogP contribution in [-0.4, -0.2) is 33.0 Å². The van der Waals surface area contributed by atoms with Gasteiger partial charge < -0.3 is 5.11 Å². The lowest BCUT2D eigenvalue weighted by Gasteiger charge is -2.32. The summed E-state index contributed by atoms with van der Waals surface area (Å²) in [6.45, 7) is 4.99. The van der Waals surface area contributed by atoms with Gasteiger partial charge in [-0.25, -0.2) is 4.98 Å². The van der Waals surface area contributed by atoms with Gasteiger partial charge in [-0.05, 0) is 25.2 Å². The summed E-state index contributed by atoms with van der Waals surface area (Å²) in [5.41, 5.74) is 1.04. The minimum atomic E-state index is -0.663. The first kappa shape index (κ1) is 15.0. The van der Waals surface area contributed by atoms with E-state index in [1.165, 1.54) is 19.3 Å². The molecule has 21 heavy (non-hydrogen) atoms. The summed E-state index contributed by atoms with van der Waals surface area (Å²) in [5.74, 6) is 0.354. The molecule has 1 aliphatic carbocycles. The number of hydrogen-bond acceptors (Lipinski definition) is 4. The van der Waals surface area contributed by atoms with E-state index in [0.29, 0.717) is 24.4 Å². The van der Waals surface area contributed by atoms with Crippen molar-refractivity contribution < 1.29 is 9.90 Å². The fraction of sp³-hybridized carbons (Fsp3) is 0.750. The summed E-state index contributed by atoms with van der Waals surface area (Å²) < 4.78 is 0. The molecule has 0 unspecified atom stereocenters. The monoisotopic (exact) mass is 308 g/mol. The van der Waals surface area contributed by atoms with Crippen LogP contribution >= 0.6 is 11.3 Å². The molecule has 5 heteroatoms. The largest absolute Gasteiger partial charge is 0.480 e. The molecule has 1 saturated carbocycles. The number of hydrogen-bond donors (Lipinski definition) is 1. The quantitative estimate of drug-likeness (QED) is 0.925. The third-order valence-corrected chi connectivity index (χ3v) is 6.11. The molecule has 0 spiro atoms. The van der Waals surface area contributed by atoms with Crippen LogP contribution in [0.4, 0.5) is 0 Å². The number of carboxylic acids is 1. The summed E-state index contributed by atoms with van der Waals surface area (Å²) in [6.07, 6.45) is 5.66. The third kappa shape index (κ3) is 2.99. The number of likely N-dealkylation sites (tertiary alicyclic amines) is 1. The maximum Gasteiger partial charge on any atom is 0.320 e. The fourth-order valence-corrected chi connectivity index (χ4v) is 4.70. The average molecular weight is 308 g/mol. The fourth-order valence-electron chi connectivity index (χ4n) is 3.87. The lowest BCUT2D eigenvalue weighted by Crippen LogP contribution is -2.41. The van der Waals surface area contributed by atoms with Gasteiger partial charge in [0.05, 0.1) is 10.7 Å². The van der Waals surface area contributed by atoms with E-state index in [1.807, 2.05) is 0 Å². The van der Waals surface area contributed by atoms with E-state index in [4.69, 9.17) is 0 Å². The highest BCUT2D eigenvalue weighted by atomic mass is 32.1. The number of fused-ring (bicyclic) bond motifs is 1. The summed E-state index contributed by atoms with van der Waals surface area (Å²) in [5, 5.41) is 12.8. The second-order valence-corrected chi connectivity index (χ2v) is 7.60. The predicted molar refractivity (Wildman–Crippen MR) is 83.5 cm³/mol. The van der Waals surface area contributed by atoms with Crippen LogP contribution in [0.1, 0.15) is 62.6 Å². The standard InChI is InChI=1S/C16H24N2O2S/c1-10(2)15-17-12(9-21-15)8-18-13-6-4-3-5-11(13)7-14(18)16(19)20/h9-11,13-14H,3-8H2,1-2H3,(H,19,20)/t11-,13-,14-/m0/s1. The van der Waals surface area contributed by atoms with Crippen LogP contribution in [0.15, 0.2) is 5.38 Å². The average Bonchev–Trinajstić information content (AvgIpc) is 3.05. The van der Waals surface area contributed by atoms with E-state index < -0.39 is 5.97 Å². The van der Waals surface area contributed by atoms with Gasteiger partial charge in [0.25, 0.3) is 0 Å². The van der Waals surface area contributed by atoms with Gasteiger partial charge in [-0.1, -0.05) is 26.7 Å². The van der Waals surface area contributed by atoms with Crippen LogP contribution in [0.2, 0.25) is 0 Å². The number of thiazole rings is 1. The lowest BCUT2D eigenvalue weighted by molar-refractivity contribution is -0.142. The van der Waals surface area contributed by atoms with Crippen molar-refractivity contribution in [2.24, 2.45) is 5.92 Å². The Bertz CT molecular complexity index is 514. The molecule has 0 radical (unpaired) electrons. The van der Waals surface area contributed by atoms with Crippen molar-refractivity contribution in [2.75, 3.05) is 0 Å². The molecular weight excluding hydrogens is 284 g/mol. The Labute approximate surface area is 130 Å². The van der Waals surface area contributed by atoms with Crippen LogP contribution in [0.25, 0.3) is 0 Å². The molecule has 3 atom stereocenters. The molecule has 2 aliphatic rings. The zero-order valence-electron chi connectivity index (χ0n) is 12.8. The van der Waals surface area contributed by atoms with Gasteiger partial charge >= 0.3 is 5.97 Å². The molecule has 1 aromatic rings. The molecule has 2 fully saturated rings. The zero-order chi connectivity index (χ0) is 15.0. The second kappa shape index (κ2) is 6.05. The minimum Gasteiger partial charge on any atom is -0.480 e. The van der Waals surface area contributed by atoms with Crippen LogP contribution in [0.5, 0.6) is 0 Å². The van der Waals surface area contributed by atoms with Crippen molar-refractivity contribution in [3.8, 4) is 0 Å². The highest BCUT2D eigenvalue weighted by Gasteiger charge is 2.45. The van der Waals surface area contributed by atoms with Crippen molar-refractivity contribution in [1.82, 2.24) is 9.88 Å². The highest BCUT2D eigenvalue weighted by Crippen LogP contribution is 2.40. The molecule has 1 aliphatic heterocycles. The minimum absolute atomic E-state index is 0.317. The molecule has 0 bridgehead atoms. The number of aromatic nitrogens is 1. The van der Waals surface area contributed by atoms with E-state index in [-0.39, 0.29) is 6.04 Å². The maximum atomic E-state index is 11.6. The molecule has 0 amide bonds. The molecule has 2 heterocycles. The molecule has 3 rings (SSSR count). The Morgan fingerprint density at radius 3 is 2.90 bits per heavy atom. The Balaban J connectivity index is 1.78. The zero-order valence-corrected chi connectivity index (χ0v) is 13.6. The lowest BCUT2D eigenvalue weighted by atomic mass is 9.85. The molecule has 1 N–H and O–H groups in total. The topological polar surface area (TPSA) is 53.4 Å². The highest BCUT2D eigenvalue weighted by molar-refractivity contribution is 7.09. The van der Waals surface area contributed by atoms with E-state index >= 15 is 0 Å². The predicted octanol–water partition coefficient (Wildman–Crippen LogP) is 3.48. The van der Waals surface area contributed by atoms with E-state index in [9.17, 15) is 9.90 Å². The number of carbonyl (C=O) groups is 1. The van der Waals surface area contributed by atoms with Crippen molar-refractivity contribution in [3.63, 3.8) is 0 Å². The van der Waals surface area contributed by atoms with Crippen LogP contribution in [-0.2, 0) is 11.3 Å². The van der Waals surface area contributed by atoms with E-state index in [2.05, 4.69) is 29.1 Å². The van der Waals surface area contributed by atoms with Gasteiger partial charge in [-0.15, -0.1) is 11.3 Å². The first-order valence-electron chi connectivity index (χ1n) is 7.99. The maximum absolute atomic E-state index is 11.6. The molecule has 1 saturated heterocycles. The van der Waals surface area contributed by atoms with E-state index in [0.717, 1.165) is 23.5 Å². The van der Waals surface area contributed by atoms with Gasteiger partial charge in [-0.2, -0.15) is 0 Å². The third-order valence-electron chi connectivity index (χ3n) is 4.91. The number of aliphatic carboxylic acids is 1. The smallest absolute Gasteiger partial charge is 0.320 e. The molecule has 4 nitrogen and oxygen atoms in total. The Morgan fingerprint density at radius 2 is 2.24 bits per heavy atom. The van der Waals surface area contributed by atoms with Crippen molar-refractivity contribution >= 4 is 17.3 Å². The summed E-state index contributed by atoms with van der Waals surface area (Å²) in [7, 11) is 0. The second-order valence-electron chi connectivity index (χ2n) is 6.71. The molecule has 0 aromatic carbocycles. The van der Waals surface area contributed by atoms with Crippen molar-refractivity contribution in [1.29, 1.82) is 0 Å². The van der Waals surface area contributed by atoms with Gasteiger partial charge in [0, 0.05) is 23.9 Å². The van der Waals surface area contributed by atoms with Gasteiger partial charge in [0.2, 0.25) is 0 Å². The first-order valence-corrected chi connectivity index (χ1v) is 8.87. The Hall–Kier alpha value is -0.940. The first-order chi connectivity index (χ1) is 10.1. The van der Waals surface area contributed by atoms with E-state index in [1.54, 1.807) is 11.3 Å². The van der Waals surface area contributed by atoms with Gasteiger partial charge in [0.15, 0.2) is 0 Å². The number of carboxylic acid groups (broad SMARTS) is 1. The van der Waals surface area contributed by atoms with Crippen molar-refractivity contribution in [2.45, 2.75) is 70.5 Å². The molecular formula is C16H24N2O2S. The molecule has 1 aromatic heterocycles. The summed E-state index contributed by atoms with van der Waals surface area (Å²) >= 11 is 1.69. The number of rotatable bonds is 4.